The van der Waals surface area contributed by atoms with Gasteiger partial charge in [-0.3, -0.25) is 14.4 Å². The lowest BCUT2D eigenvalue weighted by Gasteiger charge is -2.14. The summed E-state index contributed by atoms with van der Waals surface area (Å²) in [6.07, 6.45) is 1.71. The molecule has 0 aliphatic heterocycles. The van der Waals surface area contributed by atoms with E-state index in [1.165, 1.54) is 0 Å². The molecule has 0 radical (unpaired) electrons. The summed E-state index contributed by atoms with van der Waals surface area (Å²) in [5.74, 6) is -1.00. The van der Waals surface area contributed by atoms with E-state index in [2.05, 4.69) is 10.6 Å². The van der Waals surface area contributed by atoms with Crippen molar-refractivity contribution in [1.29, 1.82) is 0 Å². The summed E-state index contributed by atoms with van der Waals surface area (Å²) in [4.78, 5) is 35.5. The second-order valence-corrected chi connectivity index (χ2v) is 8.00. The minimum atomic E-state index is -0.780. The summed E-state index contributed by atoms with van der Waals surface area (Å²) in [5, 5.41) is 15.2. The molecule has 1 aliphatic carbocycles. The van der Waals surface area contributed by atoms with Gasteiger partial charge in [-0.25, -0.2) is 0 Å². The highest BCUT2D eigenvalue weighted by Crippen LogP contribution is 2.29. The summed E-state index contributed by atoms with van der Waals surface area (Å²) in [6.45, 7) is 2.41. The first kappa shape index (κ1) is 22.6. The molecule has 8 heteroatoms. The molecule has 0 heterocycles. The Bertz CT molecular complexity index is 961. The minimum Gasteiger partial charge on any atom is -0.490 e. The molecule has 164 valence electrons. The zero-order valence-corrected chi connectivity index (χ0v) is 17.9. The van der Waals surface area contributed by atoms with Gasteiger partial charge in [0.1, 0.15) is 5.75 Å². The molecule has 2 aromatic rings. The van der Waals surface area contributed by atoms with Crippen LogP contribution >= 0.6 is 11.6 Å². The molecule has 3 rings (SSSR count). The van der Waals surface area contributed by atoms with Crippen LogP contribution in [0.25, 0.3) is 0 Å². The number of carbonyl (C=O) groups is 3. The van der Waals surface area contributed by atoms with Gasteiger partial charge in [-0.2, -0.15) is 0 Å². The molecule has 0 unspecified atom stereocenters. The van der Waals surface area contributed by atoms with E-state index in [1.54, 1.807) is 42.5 Å². The molecule has 7 nitrogen and oxygen atoms in total. The number of hydrogen-bond donors (Lipinski definition) is 3. The predicted octanol–water partition coefficient (Wildman–Crippen LogP) is 3.44. The lowest BCUT2D eigenvalue weighted by Crippen LogP contribution is -2.34. The zero-order chi connectivity index (χ0) is 22.4. The maximum Gasteiger partial charge on any atom is 0.306 e. The lowest BCUT2D eigenvalue weighted by atomic mass is 10.1. The molecule has 2 atom stereocenters. The van der Waals surface area contributed by atoms with Crippen molar-refractivity contribution in [3.63, 3.8) is 0 Å². The molecule has 0 saturated heterocycles. The van der Waals surface area contributed by atoms with Crippen LogP contribution in [0.5, 0.6) is 5.75 Å². The summed E-state index contributed by atoms with van der Waals surface area (Å²) >= 11 is 5.97. The molecule has 0 aromatic heterocycles. The highest BCUT2D eigenvalue weighted by Gasteiger charge is 2.30. The summed E-state index contributed by atoms with van der Waals surface area (Å²) in [6, 6.07) is 11.8. The predicted molar refractivity (Wildman–Crippen MR) is 117 cm³/mol. The SMILES string of the molecule is Cc1cc(C(=O)NCCNC(=O)c2ccc(O[C@@H]3CC[C@H](C(=O)O)C3)cc2)ccc1Cl. The quantitative estimate of drug-likeness (QED) is 0.541. The van der Waals surface area contributed by atoms with Crippen molar-refractivity contribution < 1.29 is 24.2 Å². The van der Waals surface area contributed by atoms with Crippen LogP contribution in [0, 0.1) is 12.8 Å². The Hall–Kier alpha value is -3.06. The van der Waals surface area contributed by atoms with E-state index in [0.29, 0.717) is 47.7 Å². The molecule has 2 aromatic carbocycles. The van der Waals surface area contributed by atoms with E-state index >= 15 is 0 Å². The second kappa shape index (κ2) is 10.3. The van der Waals surface area contributed by atoms with Crippen LogP contribution in [0.15, 0.2) is 42.5 Å². The minimum absolute atomic E-state index is 0.117. The summed E-state index contributed by atoms with van der Waals surface area (Å²) in [7, 11) is 0. The Labute approximate surface area is 185 Å². The third-order valence-corrected chi connectivity index (χ3v) is 5.69. The average Bonchev–Trinajstić information content (AvgIpc) is 3.22. The van der Waals surface area contributed by atoms with E-state index in [1.807, 2.05) is 6.92 Å². The third kappa shape index (κ3) is 6.21. The number of carboxylic acids is 1. The van der Waals surface area contributed by atoms with Gasteiger partial charge in [-0.1, -0.05) is 11.6 Å². The smallest absolute Gasteiger partial charge is 0.306 e. The molecular weight excluding hydrogens is 420 g/mol. The van der Waals surface area contributed by atoms with Gasteiger partial charge in [0.05, 0.1) is 12.0 Å². The van der Waals surface area contributed by atoms with Gasteiger partial charge in [0, 0.05) is 29.2 Å². The Kier molecular flexibility index (Phi) is 7.52. The number of aryl methyl sites for hydroxylation is 1. The monoisotopic (exact) mass is 444 g/mol. The fraction of sp³-hybridized carbons (Fsp3) is 0.348. The highest BCUT2D eigenvalue weighted by atomic mass is 35.5. The second-order valence-electron chi connectivity index (χ2n) is 7.59. The van der Waals surface area contributed by atoms with Crippen molar-refractivity contribution >= 4 is 29.4 Å². The van der Waals surface area contributed by atoms with Crippen LogP contribution in [-0.4, -0.2) is 42.1 Å². The highest BCUT2D eigenvalue weighted by molar-refractivity contribution is 6.31. The number of rotatable bonds is 8. The van der Waals surface area contributed by atoms with Crippen molar-refractivity contribution in [2.75, 3.05) is 13.1 Å². The van der Waals surface area contributed by atoms with E-state index in [9.17, 15) is 14.4 Å². The fourth-order valence-electron chi connectivity index (χ4n) is 3.49. The van der Waals surface area contributed by atoms with Crippen LogP contribution in [0.3, 0.4) is 0 Å². The molecule has 2 amide bonds. The van der Waals surface area contributed by atoms with Crippen LogP contribution < -0.4 is 15.4 Å². The van der Waals surface area contributed by atoms with Crippen LogP contribution in [0.2, 0.25) is 5.02 Å². The number of halogens is 1. The number of carbonyl (C=O) groups excluding carboxylic acids is 2. The van der Waals surface area contributed by atoms with Gasteiger partial charge < -0.3 is 20.5 Å². The van der Waals surface area contributed by atoms with Gasteiger partial charge in [0.15, 0.2) is 0 Å². The standard InChI is InChI=1S/C23H25ClN2O5/c1-14-12-16(5-9-20(14)24)22(28)26-11-10-25-21(27)15-2-6-18(7-3-15)31-19-8-4-17(13-19)23(29)30/h2-3,5-7,9,12,17,19H,4,8,10-11,13H2,1H3,(H,25,27)(H,26,28)(H,29,30)/t17-,19+/m0/s1. The number of hydrogen-bond acceptors (Lipinski definition) is 4. The fourth-order valence-corrected chi connectivity index (χ4v) is 3.61. The van der Waals surface area contributed by atoms with Gasteiger partial charge in [0.2, 0.25) is 0 Å². The largest absolute Gasteiger partial charge is 0.490 e. The number of amides is 2. The Balaban J connectivity index is 1.41. The van der Waals surface area contributed by atoms with E-state index in [0.717, 1.165) is 5.56 Å². The first-order chi connectivity index (χ1) is 14.8. The molecule has 3 N–H and O–H groups in total. The molecule has 0 spiro atoms. The molecule has 31 heavy (non-hydrogen) atoms. The van der Waals surface area contributed by atoms with Gasteiger partial charge in [-0.15, -0.1) is 0 Å². The third-order valence-electron chi connectivity index (χ3n) is 5.27. The van der Waals surface area contributed by atoms with Crippen molar-refractivity contribution in [2.45, 2.75) is 32.3 Å². The van der Waals surface area contributed by atoms with E-state index in [-0.39, 0.29) is 30.4 Å². The number of ether oxygens (including phenoxy) is 1. The first-order valence-electron chi connectivity index (χ1n) is 10.2. The molecule has 1 fully saturated rings. The molecule has 1 aliphatic rings. The van der Waals surface area contributed by atoms with Crippen LogP contribution in [0.1, 0.15) is 45.5 Å². The van der Waals surface area contributed by atoms with Gasteiger partial charge in [-0.05, 0) is 74.2 Å². The van der Waals surface area contributed by atoms with E-state index < -0.39 is 5.97 Å². The first-order valence-corrected chi connectivity index (χ1v) is 10.5. The van der Waals surface area contributed by atoms with Crippen LogP contribution in [-0.2, 0) is 4.79 Å². The van der Waals surface area contributed by atoms with Crippen molar-refractivity contribution in [3.8, 4) is 5.75 Å². The maximum absolute atomic E-state index is 12.3. The topological polar surface area (TPSA) is 105 Å². The van der Waals surface area contributed by atoms with Crippen molar-refractivity contribution in [1.82, 2.24) is 10.6 Å². The molecule has 0 bridgehead atoms. The van der Waals surface area contributed by atoms with Crippen LogP contribution in [0.4, 0.5) is 0 Å². The number of aliphatic carboxylic acids is 1. The van der Waals surface area contributed by atoms with Gasteiger partial charge >= 0.3 is 5.97 Å². The van der Waals surface area contributed by atoms with Crippen molar-refractivity contribution in [2.24, 2.45) is 5.92 Å². The Morgan fingerprint density at radius 2 is 1.61 bits per heavy atom. The number of nitrogens with one attached hydrogen (secondary N) is 2. The number of benzene rings is 2. The normalized spacial score (nSPS) is 17.7. The van der Waals surface area contributed by atoms with Gasteiger partial charge in [0.25, 0.3) is 11.8 Å². The zero-order valence-electron chi connectivity index (χ0n) is 17.2. The maximum atomic E-state index is 12.3. The molecular formula is C23H25ClN2O5. The number of carboxylic acid groups (broad SMARTS) is 1. The summed E-state index contributed by atoms with van der Waals surface area (Å²) in [5.41, 5.74) is 1.81. The van der Waals surface area contributed by atoms with Crippen molar-refractivity contribution in [3.05, 3.63) is 64.2 Å². The summed E-state index contributed by atoms with van der Waals surface area (Å²) < 4.78 is 5.82. The Morgan fingerprint density at radius 1 is 1.00 bits per heavy atom. The molecule has 1 saturated carbocycles. The van der Waals surface area contributed by atoms with E-state index in [4.69, 9.17) is 21.4 Å². The lowest BCUT2D eigenvalue weighted by molar-refractivity contribution is -0.141. The average molecular weight is 445 g/mol. The Morgan fingerprint density at radius 3 is 2.19 bits per heavy atom.